The lowest BCUT2D eigenvalue weighted by molar-refractivity contribution is -0.144. The fourth-order valence-electron chi connectivity index (χ4n) is 6.56. The van der Waals surface area contributed by atoms with E-state index in [0.717, 1.165) is 22.8 Å². The fraction of sp³-hybridized carbons (Fsp3) is 0.438. The number of likely N-dealkylation sites (tertiary alicyclic amines) is 1. The first-order chi connectivity index (χ1) is 19.8. The molecule has 2 fully saturated rings. The van der Waals surface area contributed by atoms with Gasteiger partial charge in [-0.25, -0.2) is 13.8 Å². The maximum absolute atomic E-state index is 15.5. The molecule has 1 aliphatic carbocycles. The molecule has 2 heterocycles. The lowest BCUT2D eigenvalue weighted by atomic mass is 9.91. The summed E-state index contributed by atoms with van der Waals surface area (Å²) in [5.74, 6) is -3.71. The van der Waals surface area contributed by atoms with Gasteiger partial charge in [0.15, 0.2) is 23.2 Å². The van der Waals surface area contributed by atoms with Gasteiger partial charge in [-0.3, -0.25) is 14.4 Å². The van der Waals surface area contributed by atoms with Crippen LogP contribution in [-0.2, 0) is 14.3 Å². The van der Waals surface area contributed by atoms with Crippen LogP contribution in [0.1, 0.15) is 66.3 Å². The van der Waals surface area contributed by atoms with Crippen LogP contribution in [0.25, 0.3) is 11.1 Å². The molecule has 4 atom stereocenters. The highest BCUT2D eigenvalue weighted by Crippen LogP contribution is 2.65. The van der Waals surface area contributed by atoms with E-state index in [1.807, 2.05) is 45.9 Å². The summed E-state index contributed by atoms with van der Waals surface area (Å²) in [6.45, 7) is 11.5. The fourth-order valence-corrected chi connectivity index (χ4v) is 6.56. The lowest BCUT2D eigenvalue weighted by Crippen LogP contribution is -2.51. The van der Waals surface area contributed by atoms with Crippen LogP contribution in [0.4, 0.5) is 8.78 Å². The molecule has 1 aliphatic heterocycles. The Morgan fingerprint density at radius 1 is 1.17 bits per heavy atom. The molecule has 0 unspecified atom stereocenters. The van der Waals surface area contributed by atoms with Gasteiger partial charge in [0, 0.05) is 19.0 Å². The number of carbonyl (C=O) groups is 3. The van der Waals surface area contributed by atoms with Crippen molar-refractivity contribution in [3.8, 4) is 11.1 Å². The molecule has 2 aromatic carbocycles. The van der Waals surface area contributed by atoms with Crippen molar-refractivity contribution in [3.05, 3.63) is 76.5 Å². The summed E-state index contributed by atoms with van der Waals surface area (Å²) >= 11 is 0. The number of amides is 2. The Bertz CT molecular complexity index is 1550. The molecule has 42 heavy (non-hydrogen) atoms. The van der Waals surface area contributed by atoms with Gasteiger partial charge in [0.2, 0.25) is 5.91 Å². The molecule has 3 aromatic rings. The number of aryl methyl sites for hydroxylation is 3. The van der Waals surface area contributed by atoms with Crippen molar-refractivity contribution in [2.45, 2.75) is 60.0 Å². The predicted octanol–water partition coefficient (Wildman–Crippen LogP) is 5.45. The van der Waals surface area contributed by atoms with Crippen LogP contribution in [0.2, 0.25) is 0 Å². The topological polar surface area (TPSA) is 102 Å². The lowest BCUT2D eigenvalue weighted by Gasteiger charge is -2.31. The molecular formula is C32H35F2N3O5. The quantitative estimate of drug-likeness (QED) is 0.356. The SMILES string of the molecule is CCOC(=O)C[C@H](NC(=O)[C@@H]1[C@@H]2[C@H](CN1C(=O)c1coc(C)n1)C2(C)C)c1cc(-c2c(C)cccc2C)cc(F)c1F. The number of nitrogens with one attached hydrogen (secondary N) is 1. The van der Waals surface area contributed by atoms with Gasteiger partial charge in [-0.05, 0) is 72.4 Å². The van der Waals surface area contributed by atoms with E-state index < -0.39 is 47.9 Å². The molecule has 0 bridgehead atoms. The van der Waals surface area contributed by atoms with Crippen LogP contribution in [0.5, 0.6) is 0 Å². The Morgan fingerprint density at radius 2 is 1.86 bits per heavy atom. The number of oxazole rings is 1. The molecular weight excluding hydrogens is 544 g/mol. The van der Waals surface area contributed by atoms with E-state index >= 15 is 8.78 Å². The first kappa shape index (κ1) is 29.4. The highest BCUT2D eigenvalue weighted by molar-refractivity contribution is 5.97. The van der Waals surface area contributed by atoms with Gasteiger partial charge in [0.05, 0.1) is 19.1 Å². The average Bonchev–Trinajstić information content (AvgIpc) is 3.29. The van der Waals surface area contributed by atoms with Crippen LogP contribution < -0.4 is 5.32 Å². The molecule has 2 aliphatic rings. The molecule has 5 rings (SSSR count). The molecule has 8 nitrogen and oxygen atoms in total. The molecule has 2 amide bonds. The van der Waals surface area contributed by atoms with E-state index in [0.29, 0.717) is 18.0 Å². The zero-order chi connectivity index (χ0) is 30.5. The number of rotatable bonds is 8. The van der Waals surface area contributed by atoms with Gasteiger partial charge in [-0.2, -0.15) is 0 Å². The highest BCUT2D eigenvalue weighted by Gasteiger charge is 2.69. The van der Waals surface area contributed by atoms with Gasteiger partial charge in [-0.1, -0.05) is 32.0 Å². The van der Waals surface area contributed by atoms with E-state index in [-0.39, 0.29) is 35.1 Å². The minimum atomic E-state index is -1.25. The third-order valence-electron chi connectivity index (χ3n) is 8.77. The summed E-state index contributed by atoms with van der Waals surface area (Å²) in [7, 11) is 0. The summed E-state index contributed by atoms with van der Waals surface area (Å²) in [6, 6.07) is 6.06. The molecule has 222 valence electrons. The highest BCUT2D eigenvalue weighted by atomic mass is 19.2. The van der Waals surface area contributed by atoms with Crippen molar-refractivity contribution < 1.29 is 32.3 Å². The molecule has 1 N–H and O–H groups in total. The number of hydrogen-bond acceptors (Lipinski definition) is 6. The largest absolute Gasteiger partial charge is 0.466 e. The van der Waals surface area contributed by atoms with Crippen LogP contribution in [0, 0.1) is 49.7 Å². The number of carbonyl (C=O) groups excluding carboxylic acids is 3. The van der Waals surface area contributed by atoms with Crippen molar-refractivity contribution in [1.29, 1.82) is 0 Å². The number of nitrogens with zero attached hydrogens (tertiary/aromatic N) is 2. The summed E-state index contributed by atoms with van der Waals surface area (Å²) in [5, 5.41) is 2.79. The van der Waals surface area contributed by atoms with E-state index in [1.54, 1.807) is 13.8 Å². The zero-order valence-corrected chi connectivity index (χ0v) is 24.6. The maximum Gasteiger partial charge on any atom is 0.308 e. The number of aromatic nitrogens is 1. The summed E-state index contributed by atoms with van der Waals surface area (Å²) in [5.41, 5.74) is 2.59. The first-order valence-electron chi connectivity index (χ1n) is 14.1. The second-order valence-corrected chi connectivity index (χ2v) is 11.8. The monoisotopic (exact) mass is 579 g/mol. The van der Waals surface area contributed by atoms with E-state index in [2.05, 4.69) is 10.3 Å². The van der Waals surface area contributed by atoms with Crippen LogP contribution in [0.15, 0.2) is 41.0 Å². The van der Waals surface area contributed by atoms with E-state index in [4.69, 9.17) is 9.15 Å². The van der Waals surface area contributed by atoms with Crippen molar-refractivity contribution >= 4 is 17.8 Å². The molecule has 10 heteroatoms. The van der Waals surface area contributed by atoms with E-state index in [9.17, 15) is 14.4 Å². The van der Waals surface area contributed by atoms with Crippen LogP contribution in [0.3, 0.4) is 0 Å². The minimum absolute atomic E-state index is 0.0789. The number of esters is 1. The van der Waals surface area contributed by atoms with Gasteiger partial charge in [-0.15, -0.1) is 0 Å². The molecule has 0 radical (unpaired) electrons. The number of fused-ring (bicyclic) bond motifs is 1. The molecule has 0 spiro atoms. The van der Waals surface area contributed by atoms with Gasteiger partial charge >= 0.3 is 5.97 Å². The maximum atomic E-state index is 15.5. The summed E-state index contributed by atoms with van der Waals surface area (Å²) in [6.07, 6.45) is 0.829. The number of halogens is 2. The van der Waals surface area contributed by atoms with Crippen LogP contribution >= 0.6 is 0 Å². The van der Waals surface area contributed by atoms with E-state index in [1.165, 1.54) is 17.2 Å². The molecule has 1 aromatic heterocycles. The van der Waals surface area contributed by atoms with Crippen molar-refractivity contribution in [1.82, 2.24) is 15.2 Å². The Hall–Kier alpha value is -4.08. The standard InChI is InChI=1S/C32H35F2N3O5/c1-7-41-25(38)13-23(20-11-19(12-22(33)28(20)34)26-16(2)9-8-10-17(26)3)36-30(39)29-27-21(32(27,5)6)14-37(29)31(40)24-15-42-18(4)35-24/h8-12,15,21,23,27,29H,7,13-14H2,1-6H3,(H,36,39)/t21-,23-,27-,29-/m0/s1. The Balaban J connectivity index is 1.52. The second kappa shape index (κ2) is 11.0. The Kier molecular flexibility index (Phi) is 7.68. The predicted molar refractivity (Wildman–Crippen MR) is 150 cm³/mol. The average molecular weight is 580 g/mol. The zero-order valence-electron chi connectivity index (χ0n) is 24.6. The second-order valence-electron chi connectivity index (χ2n) is 11.8. The number of piperidine rings is 1. The summed E-state index contributed by atoms with van der Waals surface area (Å²) < 4.78 is 40.9. The smallest absolute Gasteiger partial charge is 0.308 e. The number of hydrogen-bond donors (Lipinski definition) is 1. The molecule has 1 saturated heterocycles. The third-order valence-corrected chi connectivity index (χ3v) is 8.77. The number of ether oxygens (including phenoxy) is 1. The Labute approximate surface area is 243 Å². The van der Waals surface area contributed by atoms with Crippen molar-refractivity contribution in [2.75, 3.05) is 13.2 Å². The number of benzene rings is 2. The normalized spacial score (nSPS) is 21.0. The van der Waals surface area contributed by atoms with Gasteiger partial charge < -0.3 is 19.4 Å². The van der Waals surface area contributed by atoms with Crippen molar-refractivity contribution in [2.24, 2.45) is 17.3 Å². The Morgan fingerprint density at radius 3 is 2.48 bits per heavy atom. The minimum Gasteiger partial charge on any atom is -0.466 e. The summed E-state index contributed by atoms with van der Waals surface area (Å²) in [4.78, 5) is 45.6. The molecule has 1 saturated carbocycles. The van der Waals surface area contributed by atoms with Gasteiger partial charge in [0.1, 0.15) is 12.3 Å². The van der Waals surface area contributed by atoms with Gasteiger partial charge in [0.25, 0.3) is 5.91 Å². The van der Waals surface area contributed by atoms with Crippen molar-refractivity contribution in [3.63, 3.8) is 0 Å². The van der Waals surface area contributed by atoms with Crippen LogP contribution in [-0.4, -0.2) is 46.9 Å². The first-order valence-corrected chi connectivity index (χ1v) is 14.1. The third kappa shape index (κ3) is 5.18.